The Hall–Kier alpha value is -2.03. The summed E-state index contributed by atoms with van der Waals surface area (Å²) >= 11 is 5.41. The number of hydrogen-bond acceptors (Lipinski definition) is 3. The summed E-state index contributed by atoms with van der Waals surface area (Å²) in [5, 5.41) is 3.57. The molecule has 1 aliphatic heterocycles. The van der Waals surface area contributed by atoms with Gasteiger partial charge in [-0.3, -0.25) is 0 Å². The minimum Gasteiger partial charge on any atom is -0.346 e. The van der Waals surface area contributed by atoms with Crippen molar-refractivity contribution in [1.82, 2.24) is 9.21 Å². The van der Waals surface area contributed by atoms with Crippen molar-refractivity contribution in [1.29, 1.82) is 0 Å². The van der Waals surface area contributed by atoms with Crippen LogP contribution < -0.4 is 5.32 Å². The summed E-state index contributed by atoms with van der Waals surface area (Å²) < 4.78 is 40.5. The highest BCUT2D eigenvalue weighted by Crippen LogP contribution is 2.22. The standard InChI is InChI=1S/C19H22FN3O2S2/c1-14-3-4-15(2)18(13-14)27(24,25)23-11-9-22(10-12-23)19(26)21-17-7-5-16(20)6-8-17/h3-8,13H,9-12H2,1-2H3,(H,21,26). The van der Waals surface area contributed by atoms with Crippen LogP contribution in [0.25, 0.3) is 0 Å². The minimum absolute atomic E-state index is 0.309. The Labute approximate surface area is 164 Å². The molecule has 1 heterocycles. The Morgan fingerprint density at radius 2 is 1.67 bits per heavy atom. The van der Waals surface area contributed by atoms with Gasteiger partial charge in [0.05, 0.1) is 4.90 Å². The first-order valence-electron chi connectivity index (χ1n) is 8.66. The van der Waals surface area contributed by atoms with Gasteiger partial charge in [0, 0.05) is 31.9 Å². The molecule has 1 fully saturated rings. The predicted octanol–water partition coefficient (Wildman–Crippen LogP) is 3.15. The zero-order chi connectivity index (χ0) is 19.6. The molecule has 0 radical (unpaired) electrons. The van der Waals surface area contributed by atoms with Crippen LogP contribution in [0.5, 0.6) is 0 Å². The van der Waals surface area contributed by atoms with Crippen molar-refractivity contribution >= 4 is 33.0 Å². The number of nitrogens with one attached hydrogen (secondary N) is 1. The predicted molar refractivity (Wildman–Crippen MR) is 109 cm³/mol. The van der Waals surface area contributed by atoms with Gasteiger partial charge in [-0.15, -0.1) is 0 Å². The van der Waals surface area contributed by atoms with Gasteiger partial charge in [0.15, 0.2) is 5.11 Å². The van der Waals surface area contributed by atoms with Gasteiger partial charge in [-0.25, -0.2) is 12.8 Å². The zero-order valence-electron chi connectivity index (χ0n) is 15.3. The van der Waals surface area contributed by atoms with Crippen LogP contribution in [-0.4, -0.2) is 48.9 Å². The summed E-state index contributed by atoms with van der Waals surface area (Å²) in [6.07, 6.45) is 0. The number of aryl methyl sites for hydroxylation is 2. The molecule has 8 heteroatoms. The molecule has 27 heavy (non-hydrogen) atoms. The Bertz CT molecular complexity index is 938. The van der Waals surface area contributed by atoms with E-state index in [1.807, 2.05) is 30.9 Å². The molecular weight excluding hydrogens is 385 g/mol. The Balaban J connectivity index is 1.65. The summed E-state index contributed by atoms with van der Waals surface area (Å²) in [7, 11) is -3.53. The second-order valence-electron chi connectivity index (χ2n) is 6.60. The van der Waals surface area contributed by atoms with Crippen LogP contribution in [0, 0.1) is 19.7 Å². The van der Waals surface area contributed by atoms with E-state index in [2.05, 4.69) is 5.32 Å². The van der Waals surface area contributed by atoms with Crippen molar-refractivity contribution in [2.75, 3.05) is 31.5 Å². The number of benzene rings is 2. The third-order valence-electron chi connectivity index (χ3n) is 4.58. The maximum absolute atomic E-state index is 13.0. The van der Waals surface area contributed by atoms with Crippen molar-refractivity contribution in [3.63, 3.8) is 0 Å². The number of rotatable bonds is 3. The molecule has 144 valence electrons. The van der Waals surface area contributed by atoms with Crippen LogP contribution >= 0.6 is 12.2 Å². The fourth-order valence-electron chi connectivity index (χ4n) is 2.99. The van der Waals surface area contributed by atoms with Crippen LogP contribution in [0.3, 0.4) is 0 Å². The van der Waals surface area contributed by atoms with Crippen molar-refractivity contribution in [2.45, 2.75) is 18.7 Å². The molecule has 3 rings (SSSR count). The van der Waals surface area contributed by atoms with Crippen molar-refractivity contribution in [3.8, 4) is 0 Å². The van der Waals surface area contributed by atoms with Crippen LogP contribution in [0.2, 0.25) is 0 Å². The average Bonchev–Trinajstić information content (AvgIpc) is 2.65. The molecule has 0 aromatic heterocycles. The van der Waals surface area contributed by atoms with Gasteiger partial charge < -0.3 is 10.2 Å². The molecule has 1 N–H and O–H groups in total. The molecule has 2 aromatic carbocycles. The van der Waals surface area contributed by atoms with Crippen molar-refractivity contribution < 1.29 is 12.8 Å². The molecule has 5 nitrogen and oxygen atoms in total. The summed E-state index contributed by atoms with van der Waals surface area (Å²) in [5.41, 5.74) is 2.37. The van der Waals surface area contributed by atoms with Crippen LogP contribution in [0.1, 0.15) is 11.1 Å². The molecular formula is C19H22FN3O2S2. The van der Waals surface area contributed by atoms with Crippen molar-refractivity contribution in [2.24, 2.45) is 0 Å². The van der Waals surface area contributed by atoms with Gasteiger partial charge in [-0.1, -0.05) is 12.1 Å². The first kappa shape index (κ1) is 19.7. The van der Waals surface area contributed by atoms with Gasteiger partial charge in [-0.05, 0) is 67.5 Å². The second-order valence-corrected chi connectivity index (χ2v) is 8.89. The van der Waals surface area contributed by atoms with E-state index >= 15 is 0 Å². The van der Waals surface area contributed by atoms with E-state index in [-0.39, 0.29) is 5.82 Å². The lowest BCUT2D eigenvalue weighted by atomic mass is 10.2. The molecule has 0 bridgehead atoms. The van der Waals surface area contributed by atoms with E-state index in [1.54, 1.807) is 18.2 Å². The van der Waals surface area contributed by atoms with Gasteiger partial charge >= 0.3 is 0 Å². The third kappa shape index (κ3) is 4.45. The Morgan fingerprint density at radius 3 is 2.30 bits per heavy atom. The molecule has 0 aliphatic carbocycles. The summed E-state index contributed by atoms with van der Waals surface area (Å²) in [5.74, 6) is -0.309. The number of halogens is 1. The summed E-state index contributed by atoms with van der Waals surface area (Å²) in [6.45, 7) is 5.41. The lowest BCUT2D eigenvalue weighted by Crippen LogP contribution is -2.51. The molecule has 1 saturated heterocycles. The van der Waals surface area contributed by atoms with Crippen LogP contribution in [0.4, 0.5) is 10.1 Å². The normalized spacial score (nSPS) is 15.6. The number of thiocarbonyl (C=S) groups is 1. The van der Waals surface area contributed by atoms with Gasteiger partial charge in [-0.2, -0.15) is 4.31 Å². The smallest absolute Gasteiger partial charge is 0.243 e. The number of hydrogen-bond donors (Lipinski definition) is 1. The molecule has 0 amide bonds. The van der Waals surface area contributed by atoms with E-state index in [0.29, 0.717) is 41.9 Å². The van der Waals surface area contributed by atoms with E-state index in [0.717, 1.165) is 11.1 Å². The number of sulfonamides is 1. The number of piperazine rings is 1. The summed E-state index contributed by atoms with van der Waals surface area (Å²) in [6, 6.07) is 11.4. The number of anilines is 1. The quantitative estimate of drug-likeness (QED) is 0.793. The van der Waals surface area contributed by atoms with Crippen molar-refractivity contribution in [3.05, 3.63) is 59.4 Å². The molecule has 0 spiro atoms. The number of nitrogens with zero attached hydrogens (tertiary/aromatic N) is 2. The Kier molecular flexibility index (Phi) is 5.78. The van der Waals surface area contributed by atoms with E-state index in [1.165, 1.54) is 16.4 Å². The van der Waals surface area contributed by atoms with Gasteiger partial charge in [0.2, 0.25) is 10.0 Å². The van der Waals surface area contributed by atoms with Gasteiger partial charge in [0.25, 0.3) is 0 Å². The SMILES string of the molecule is Cc1ccc(C)c(S(=O)(=O)N2CCN(C(=S)Nc3ccc(F)cc3)CC2)c1. The fraction of sp³-hybridized carbons (Fsp3) is 0.316. The molecule has 0 unspecified atom stereocenters. The molecule has 2 aromatic rings. The minimum atomic E-state index is -3.53. The van der Waals surface area contributed by atoms with E-state index in [4.69, 9.17) is 12.2 Å². The third-order valence-corrected chi connectivity index (χ3v) is 6.98. The lowest BCUT2D eigenvalue weighted by Gasteiger charge is -2.35. The highest BCUT2D eigenvalue weighted by molar-refractivity contribution is 7.89. The molecule has 0 saturated carbocycles. The van der Waals surface area contributed by atoms with Gasteiger partial charge in [0.1, 0.15) is 5.82 Å². The first-order valence-corrected chi connectivity index (χ1v) is 10.5. The highest BCUT2D eigenvalue weighted by Gasteiger charge is 2.30. The zero-order valence-corrected chi connectivity index (χ0v) is 16.9. The monoisotopic (exact) mass is 407 g/mol. The Morgan fingerprint density at radius 1 is 1.04 bits per heavy atom. The second kappa shape index (κ2) is 7.92. The van der Waals surface area contributed by atoms with Crippen LogP contribution in [-0.2, 0) is 10.0 Å². The summed E-state index contributed by atoms with van der Waals surface area (Å²) in [4.78, 5) is 2.29. The van der Waals surface area contributed by atoms with E-state index < -0.39 is 10.0 Å². The first-order chi connectivity index (χ1) is 12.8. The molecule has 0 atom stereocenters. The average molecular weight is 408 g/mol. The lowest BCUT2D eigenvalue weighted by molar-refractivity contribution is 0.268. The topological polar surface area (TPSA) is 52.7 Å². The maximum Gasteiger partial charge on any atom is 0.243 e. The maximum atomic E-state index is 13.0. The fourth-order valence-corrected chi connectivity index (χ4v) is 5.02. The van der Waals surface area contributed by atoms with Crippen LogP contribution in [0.15, 0.2) is 47.4 Å². The highest BCUT2D eigenvalue weighted by atomic mass is 32.2. The van der Waals surface area contributed by atoms with E-state index in [9.17, 15) is 12.8 Å². The molecule has 1 aliphatic rings. The largest absolute Gasteiger partial charge is 0.346 e.